The SMILES string of the molecule is C1=CC(N2c3cc4c(cc3B3c5ccccc5N(c5ccccc5)c5cc(N(c6ccccc6)c6ccccc6)cc2c53)B2c3ccccc3N(c3ccccc3)c3cc(N(c5ccccc5)c5ccccc5)cc(c32)N4C2C(c3ccccc3)=CCCC2c2ccccc2)=CCC1. The van der Waals surface area contributed by atoms with E-state index in [1.807, 2.05) is 0 Å². The average molecular weight is 1260 g/mol. The molecule has 19 rings (SSSR count). The summed E-state index contributed by atoms with van der Waals surface area (Å²) in [6.07, 6.45) is 13.7. The second-order valence-corrected chi connectivity index (χ2v) is 26.5. The number of para-hydroxylation sites is 8. The maximum Gasteiger partial charge on any atom is 0.252 e. The number of benzene rings is 13. The van der Waals surface area contributed by atoms with Crippen molar-refractivity contribution in [3.63, 3.8) is 0 Å². The van der Waals surface area contributed by atoms with Crippen LogP contribution in [0.2, 0.25) is 0 Å². The molecule has 0 spiro atoms. The van der Waals surface area contributed by atoms with Gasteiger partial charge in [-0.15, -0.1) is 0 Å². The van der Waals surface area contributed by atoms with E-state index in [1.165, 1.54) is 89.3 Å². The molecular formula is C90H68B2N6. The van der Waals surface area contributed by atoms with Gasteiger partial charge in [0.2, 0.25) is 0 Å². The Hall–Kier alpha value is -12.0. The molecule has 0 amide bonds. The van der Waals surface area contributed by atoms with Gasteiger partial charge in [0.15, 0.2) is 0 Å². The fourth-order valence-corrected chi connectivity index (χ4v) is 17.1. The highest BCUT2D eigenvalue weighted by Crippen LogP contribution is 2.54. The predicted octanol–water partition coefficient (Wildman–Crippen LogP) is 19.4. The third kappa shape index (κ3) is 9.41. The normalized spacial score (nSPS) is 16.0. The van der Waals surface area contributed by atoms with E-state index in [2.05, 4.69) is 381 Å². The van der Waals surface area contributed by atoms with Gasteiger partial charge in [0.05, 0.1) is 17.4 Å². The summed E-state index contributed by atoms with van der Waals surface area (Å²) in [6.45, 7) is -0.341. The lowest BCUT2D eigenvalue weighted by atomic mass is 9.30. The summed E-state index contributed by atoms with van der Waals surface area (Å²) in [7, 11) is 0. The average Bonchev–Trinajstić information content (AvgIpc) is 0.684. The Morgan fingerprint density at radius 2 is 0.724 bits per heavy atom. The van der Waals surface area contributed by atoms with Crippen LogP contribution in [0.4, 0.5) is 91.0 Å². The third-order valence-corrected chi connectivity index (χ3v) is 21.1. The number of fused-ring (bicyclic) bond motifs is 8. The van der Waals surface area contributed by atoms with Crippen molar-refractivity contribution in [3.05, 3.63) is 369 Å². The lowest BCUT2D eigenvalue weighted by molar-refractivity contribution is 0.551. The molecular weight excluding hydrogens is 1190 g/mol. The van der Waals surface area contributed by atoms with E-state index in [0.717, 1.165) is 82.6 Å². The molecule has 4 heterocycles. The van der Waals surface area contributed by atoms with Crippen molar-refractivity contribution in [3.8, 4) is 0 Å². The fraction of sp³-hybridized carbons (Fsp3) is 0.0667. The second kappa shape index (κ2) is 24.0. The van der Waals surface area contributed by atoms with Crippen LogP contribution in [0.5, 0.6) is 0 Å². The summed E-state index contributed by atoms with van der Waals surface area (Å²) in [5.74, 6) is 0.0960. The van der Waals surface area contributed by atoms with Crippen LogP contribution in [-0.2, 0) is 0 Å². The zero-order chi connectivity index (χ0) is 64.6. The summed E-state index contributed by atoms with van der Waals surface area (Å²) < 4.78 is 0. The van der Waals surface area contributed by atoms with Gasteiger partial charge in [-0.25, -0.2) is 0 Å². The summed E-state index contributed by atoms with van der Waals surface area (Å²) >= 11 is 0. The first kappa shape index (κ1) is 57.5. The van der Waals surface area contributed by atoms with Crippen LogP contribution in [0, 0.1) is 0 Å². The van der Waals surface area contributed by atoms with Gasteiger partial charge in [-0.3, -0.25) is 0 Å². The topological polar surface area (TPSA) is 19.4 Å². The van der Waals surface area contributed by atoms with Crippen molar-refractivity contribution >= 4 is 143 Å². The first-order chi connectivity index (χ1) is 48.7. The molecule has 6 nitrogen and oxygen atoms in total. The molecule has 98 heavy (non-hydrogen) atoms. The second-order valence-electron chi connectivity index (χ2n) is 26.5. The highest BCUT2D eigenvalue weighted by atomic mass is 15.2. The number of anilines is 16. The molecule has 0 radical (unpaired) electrons. The van der Waals surface area contributed by atoms with E-state index in [4.69, 9.17) is 0 Å². The zero-order valence-corrected chi connectivity index (χ0v) is 54.3. The lowest BCUT2D eigenvalue weighted by Gasteiger charge is -2.51. The Bertz CT molecular complexity index is 5190. The maximum absolute atomic E-state index is 2.87. The van der Waals surface area contributed by atoms with Crippen LogP contribution in [0.1, 0.15) is 42.7 Å². The molecule has 0 saturated heterocycles. The Morgan fingerprint density at radius 1 is 0.306 bits per heavy atom. The molecule has 0 aromatic heterocycles. The van der Waals surface area contributed by atoms with Crippen molar-refractivity contribution in [1.82, 2.24) is 0 Å². The smallest absolute Gasteiger partial charge is 0.252 e. The molecule has 0 N–H and O–H groups in total. The number of hydrogen-bond donors (Lipinski definition) is 0. The molecule has 13 aromatic carbocycles. The van der Waals surface area contributed by atoms with Crippen molar-refractivity contribution in [1.29, 1.82) is 0 Å². The maximum atomic E-state index is 2.87. The van der Waals surface area contributed by atoms with Gasteiger partial charge < -0.3 is 29.4 Å². The van der Waals surface area contributed by atoms with Gasteiger partial charge in [-0.05, 0) is 196 Å². The Kier molecular flexibility index (Phi) is 14.1. The third-order valence-electron chi connectivity index (χ3n) is 21.1. The zero-order valence-electron chi connectivity index (χ0n) is 54.3. The molecule has 0 bridgehead atoms. The largest absolute Gasteiger partial charge is 0.334 e. The minimum atomic E-state index is -0.179. The van der Waals surface area contributed by atoms with Crippen LogP contribution in [0.25, 0.3) is 5.57 Å². The van der Waals surface area contributed by atoms with Crippen LogP contribution in [0.15, 0.2) is 358 Å². The van der Waals surface area contributed by atoms with Crippen molar-refractivity contribution in [2.24, 2.45) is 0 Å². The van der Waals surface area contributed by atoms with E-state index in [1.54, 1.807) is 0 Å². The van der Waals surface area contributed by atoms with Crippen molar-refractivity contribution in [2.45, 2.75) is 37.6 Å². The first-order valence-corrected chi connectivity index (χ1v) is 34.7. The van der Waals surface area contributed by atoms with E-state index in [-0.39, 0.29) is 25.4 Å². The lowest BCUT2D eigenvalue weighted by Crippen LogP contribution is -2.66. The quantitative estimate of drug-likeness (QED) is 0.113. The summed E-state index contributed by atoms with van der Waals surface area (Å²) in [6, 6.07) is 123. The molecule has 2 unspecified atom stereocenters. The molecule has 2 aliphatic carbocycles. The fourth-order valence-electron chi connectivity index (χ4n) is 17.1. The van der Waals surface area contributed by atoms with Crippen molar-refractivity contribution < 1.29 is 0 Å². The molecule has 6 aliphatic rings. The van der Waals surface area contributed by atoms with Crippen molar-refractivity contribution in [2.75, 3.05) is 29.4 Å². The van der Waals surface area contributed by atoms with E-state index in [9.17, 15) is 0 Å². The minimum Gasteiger partial charge on any atom is -0.334 e. The number of allylic oxidation sites excluding steroid dienone is 4. The number of nitrogens with zero attached hydrogens (tertiary/aromatic N) is 6. The highest BCUT2D eigenvalue weighted by molar-refractivity contribution is 7.03. The number of rotatable bonds is 12. The van der Waals surface area contributed by atoms with Crippen LogP contribution >= 0.6 is 0 Å². The van der Waals surface area contributed by atoms with Crippen LogP contribution in [-0.4, -0.2) is 19.5 Å². The van der Waals surface area contributed by atoms with Gasteiger partial charge in [0.1, 0.15) is 0 Å². The highest BCUT2D eigenvalue weighted by Gasteiger charge is 2.51. The van der Waals surface area contributed by atoms with E-state index < -0.39 is 0 Å². The van der Waals surface area contributed by atoms with E-state index in [0.29, 0.717) is 0 Å². The van der Waals surface area contributed by atoms with Gasteiger partial charge in [-0.1, -0.05) is 231 Å². The summed E-state index contributed by atoms with van der Waals surface area (Å²) in [4.78, 5) is 15.6. The minimum absolute atomic E-state index is 0.0960. The molecule has 464 valence electrons. The molecule has 0 saturated carbocycles. The standard InChI is InChI=1S/C90H68B2N6/c1-10-33-63(34-11-1)74-51-32-52-75(64-35-12-2-13-36-64)90(74)98-83-62-82-78(61-79(83)92-77-54-29-31-56-81(77)96(70-47-24-8-25-48-70)85-58-73(60-87(98)89(85)92)94(67-41-18-5-19-42-67)68-43-20-6-21-44-68)91-76-53-28-30-55-80(76)95(69-45-22-7-23-46-69)84-57-72(59-86(88(84)91)97(82)71-49-26-9-27-50-71)93(65-37-14-3-15-38-65)66-39-16-4-17-40-66/h1-8,10-26,28-31,33-51,53-62,75,90H,9,27,32,52H2. The van der Waals surface area contributed by atoms with Crippen LogP contribution < -0.4 is 62.2 Å². The van der Waals surface area contributed by atoms with Crippen LogP contribution in [0.3, 0.4) is 0 Å². The summed E-state index contributed by atoms with van der Waals surface area (Å²) in [5.41, 5.74) is 31.0. The Labute approximate surface area is 575 Å². The molecule has 2 atom stereocenters. The van der Waals surface area contributed by atoms with Gasteiger partial charge >= 0.3 is 0 Å². The summed E-state index contributed by atoms with van der Waals surface area (Å²) in [5, 5.41) is 0. The van der Waals surface area contributed by atoms with Gasteiger partial charge in [0, 0.05) is 91.2 Å². The Balaban J connectivity index is 0.963. The Morgan fingerprint density at radius 3 is 1.21 bits per heavy atom. The monoisotopic (exact) mass is 1250 g/mol. The van der Waals surface area contributed by atoms with Gasteiger partial charge in [-0.2, -0.15) is 0 Å². The molecule has 8 heteroatoms. The molecule has 0 fully saturated rings. The molecule has 4 aliphatic heterocycles. The van der Waals surface area contributed by atoms with Gasteiger partial charge in [0.25, 0.3) is 13.4 Å². The first-order valence-electron chi connectivity index (χ1n) is 34.7. The van der Waals surface area contributed by atoms with E-state index >= 15 is 0 Å². The number of hydrogen-bond acceptors (Lipinski definition) is 6. The predicted molar refractivity (Wildman–Crippen MR) is 415 cm³/mol. The molecule has 13 aromatic rings.